The molecule has 0 bridgehead atoms. The van der Waals surface area contributed by atoms with E-state index in [1.54, 1.807) is 23.1 Å². The molecule has 6 rings (SSSR count). The highest BCUT2D eigenvalue weighted by molar-refractivity contribution is 5.94. The molecule has 0 aliphatic carbocycles. The third kappa shape index (κ3) is 3.76. The smallest absolute Gasteiger partial charge is 0.339 e. The van der Waals surface area contributed by atoms with Crippen LogP contribution >= 0.6 is 0 Å². The van der Waals surface area contributed by atoms with Crippen LogP contribution in [0.25, 0.3) is 16.6 Å². The molecule has 1 fully saturated rings. The van der Waals surface area contributed by atoms with Crippen molar-refractivity contribution in [3.05, 3.63) is 80.8 Å². The number of alkyl halides is 3. The number of hydrogen-bond donors (Lipinski definition) is 1. The van der Waals surface area contributed by atoms with Gasteiger partial charge in [0.15, 0.2) is 5.65 Å². The molecule has 2 aromatic carbocycles. The molecule has 0 atom stereocenters. The third-order valence-electron chi connectivity index (χ3n) is 7.29. The van der Waals surface area contributed by atoms with Gasteiger partial charge in [0, 0.05) is 35.7 Å². The number of piperidine rings is 1. The second kappa shape index (κ2) is 8.53. The summed E-state index contributed by atoms with van der Waals surface area (Å²) in [6.45, 7) is 0.719. The minimum Gasteiger partial charge on any atom is -0.339 e. The summed E-state index contributed by atoms with van der Waals surface area (Å²) < 4.78 is 41.0. The van der Waals surface area contributed by atoms with Crippen molar-refractivity contribution in [1.82, 2.24) is 19.5 Å². The molecule has 2 aromatic heterocycles. The monoisotopic (exact) mass is 529 g/mol. The summed E-state index contributed by atoms with van der Waals surface area (Å²) in [5.74, 6) is 2.05. The second-order valence-electron chi connectivity index (χ2n) is 9.48. The summed E-state index contributed by atoms with van der Waals surface area (Å²) in [7, 11) is 0. The highest BCUT2D eigenvalue weighted by Crippen LogP contribution is 2.52. The fourth-order valence-corrected chi connectivity index (χ4v) is 5.09. The molecule has 1 N–H and O–H groups in total. The number of halogens is 3. The van der Waals surface area contributed by atoms with Gasteiger partial charge in [0.25, 0.3) is 11.5 Å². The van der Waals surface area contributed by atoms with Crippen LogP contribution in [0.3, 0.4) is 0 Å². The van der Waals surface area contributed by atoms with E-state index in [2.05, 4.69) is 32.3 Å². The van der Waals surface area contributed by atoms with Crippen LogP contribution in [0.2, 0.25) is 0 Å². The molecule has 0 unspecified atom stereocenters. The zero-order valence-electron chi connectivity index (χ0n) is 20.2. The van der Waals surface area contributed by atoms with E-state index in [1.807, 2.05) is 0 Å². The van der Waals surface area contributed by atoms with Crippen LogP contribution in [-0.2, 0) is 5.66 Å². The van der Waals surface area contributed by atoms with Gasteiger partial charge in [-0.1, -0.05) is 18.1 Å². The SMILES string of the molecule is C#Cc1ccc2nc3c(C#N)c(C4CCN(C(=O)c5ccc(C6(C(F)(F)F)N=N6)cc5)CC4)[nH]n3c(=O)c2c1. The molecule has 2 aliphatic heterocycles. The molecule has 1 amide bonds. The number of amides is 1. The average Bonchev–Trinajstić information content (AvgIpc) is 3.69. The number of aromatic nitrogens is 3. The first-order chi connectivity index (χ1) is 18.7. The van der Waals surface area contributed by atoms with Crippen molar-refractivity contribution >= 4 is 22.5 Å². The maximum Gasteiger partial charge on any atom is 0.442 e. The molecule has 2 aliphatic rings. The summed E-state index contributed by atoms with van der Waals surface area (Å²) in [6.07, 6.45) is 1.84. The molecule has 9 nitrogen and oxygen atoms in total. The molecular formula is C27H18F3N7O2. The molecule has 0 saturated carbocycles. The zero-order valence-corrected chi connectivity index (χ0v) is 20.2. The van der Waals surface area contributed by atoms with Gasteiger partial charge in [-0.3, -0.25) is 14.7 Å². The Morgan fingerprint density at radius 3 is 2.41 bits per heavy atom. The molecule has 4 heterocycles. The van der Waals surface area contributed by atoms with E-state index in [0.29, 0.717) is 48.1 Å². The van der Waals surface area contributed by atoms with Crippen LogP contribution < -0.4 is 5.56 Å². The number of hydrogen-bond acceptors (Lipinski definition) is 6. The molecule has 4 aromatic rings. The van der Waals surface area contributed by atoms with E-state index in [1.165, 1.54) is 28.8 Å². The maximum atomic E-state index is 13.2. The Morgan fingerprint density at radius 1 is 1.13 bits per heavy atom. The first-order valence-electron chi connectivity index (χ1n) is 12.0. The van der Waals surface area contributed by atoms with Crippen LogP contribution in [0, 0.1) is 23.7 Å². The maximum absolute atomic E-state index is 13.2. The first kappa shape index (κ1) is 24.4. The van der Waals surface area contributed by atoms with E-state index in [9.17, 15) is 28.0 Å². The van der Waals surface area contributed by atoms with Crippen molar-refractivity contribution in [2.24, 2.45) is 10.2 Å². The topological polar surface area (TPSA) is 119 Å². The Hall–Kier alpha value is -4.97. The highest BCUT2D eigenvalue weighted by atomic mass is 19.4. The van der Waals surface area contributed by atoms with Crippen molar-refractivity contribution in [3.8, 4) is 18.4 Å². The normalized spacial score (nSPS) is 16.8. The van der Waals surface area contributed by atoms with E-state index < -0.39 is 11.8 Å². The lowest BCUT2D eigenvalue weighted by atomic mass is 9.91. The van der Waals surface area contributed by atoms with Crippen LogP contribution in [-0.4, -0.2) is 44.7 Å². The van der Waals surface area contributed by atoms with E-state index in [4.69, 9.17) is 6.42 Å². The number of aromatic amines is 1. The molecule has 1 saturated heterocycles. The van der Waals surface area contributed by atoms with Crippen LogP contribution in [0.4, 0.5) is 13.2 Å². The van der Waals surface area contributed by atoms with Crippen LogP contribution in [0.5, 0.6) is 0 Å². The lowest BCUT2D eigenvalue weighted by Crippen LogP contribution is -2.38. The lowest BCUT2D eigenvalue weighted by molar-refractivity contribution is -0.166. The molecular weight excluding hydrogens is 511 g/mol. The molecule has 0 radical (unpaired) electrons. The summed E-state index contributed by atoms with van der Waals surface area (Å²) in [5.41, 5.74) is -0.752. The number of likely N-dealkylation sites (tertiary alicyclic amines) is 1. The van der Waals surface area contributed by atoms with Gasteiger partial charge >= 0.3 is 11.8 Å². The van der Waals surface area contributed by atoms with E-state index in [0.717, 1.165) is 0 Å². The number of carbonyl (C=O) groups is 1. The van der Waals surface area contributed by atoms with Crippen LogP contribution in [0.1, 0.15) is 51.5 Å². The number of terminal acetylenes is 1. The number of H-pyrrole nitrogens is 1. The molecule has 194 valence electrons. The average molecular weight is 529 g/mol. The number of carbonyl (C=O) groups excluding carboxylic acids is 1. The van der Waals surface area contributed by atoms with Crippen molar-refractivity contribution in [2.75, 3.05) is 13.1 Å². The van der Waals surface area contributed by atoms with Crippen molar-refractivity contribution in [1.29, 1.82) is 5.26 Å². The largest absolute Gasteiger partial charge is 0.442 e. The number of nitriles is 1. The van der Waals surface area contributed by atoms with Gasteiger partial charge in [-0.25, -0.2) is 4.98 Å². The molecule has 12 heteroatoms. The fourth-order valence-electron chi connectivity index (χ4n) is 5.09. The van der Waals surface area contributed by atoms with Gasteiger partial charge in [-0.2, -0.15) is 22.9 Å². The predicted octanol–water partition coefficient (Wildman–Crippen LogP) is 4.23. The highest BCUT2D eigenvalue weighted by Gasteiger charge is 2.65. The van der Waals surface area contributed by atoms with Crippen molar-refractivity contribution in [3.63, 3.8) is 0 Å². The van der Waals surface area contributed by atoms with Gasteiger partial charge in [0.1, 0.15) is 11.6 Å². The van der Waals surface area contributed by atoms with E-state index in [-0.39, 0.29) is 39.7 Å². The summed E-state index contributed by atoms with van der Waals surface area (Å²) in [5, 5.41) is 19.6. The summed E-state index contributed by atoms with van der Waals surface area (Å²) in [4.78, 5) is 32.3. The third-order valence-corrected chi connectivity index (χ3v) is 7.29. The van der Waals surface area contributed by atoms with Gasteiger partial charge in [0.05, 0.1) is 16.6 Å². The number of nitrogens with one attached hydrogen (secondary N) is 1. The summed E-state index contributed by atoms with van der Waals surface area (Å²) in [6, 6.07) is 12.2. The number of nitrogens with zero attached hydrogens (tertiary/aromatic N) is 6. The Kier molecular flexibility index (Phi) is 5.33. The van der Waals surface area contributed by atoms with Gasteiger partial charge in [-0.15, -0.1) is 16.7 Å². The Labute approximate surface area is 218 Å². The number of rotatable bonds is 3. The minimum absolute atomic E-state index is 0.138. The first-order valence-corrected chi connectivity index (χ1v) is 12.0. The Balaban J connectivity index is 1.22. The van der Waals surface area contributed by atoms with Gasteiger partial charge in [-0.05, 0) is 43.2 Å². The second-order valence-corrected chi connectivity index (χ2v) is 9.48. The van der Waals surface area contributed by atoms with Gasteiger partial charge < -0.3 is 4.90 Å². The number of fused-ring (bicyclic) bond motifs is 2. The minimum atomic E-state index is -4.64. The Morgan fingerprint density at radius 2 is 1.82 bits per heavy atom. The number of benzene rings is 2. The lowest BCUT2D eigenvalue weighted by Gasteiger charge is -2.31. The Bertz CT molecular complexity index is 1820. The van der Waals surface area contributed by atoms with Crippen molar-refractivity contribution < 1.29 is 18.0 Å². The van der Waals surface area contributed by atoms with E-state index >= 15 is 0 Å². The van der Waals surface area contributed by atoms with Gasteiger partial charge in [0.2, 0.25) is 0 Å². The summed E-state index contributed by atoms with van der Waals surface area (Å²) >= 11 is 0. The van der Waals surface area contributed by atoms with Crippen molar-refractivity contribution in [2.45, 2.75) is 30.6 Å². The standard InChI is InChI=1S/C27H18F3N7O2/c1-2-15-3-8-21-19(13-15)25(39)37-23(32-21)20(14-31)22(33-37)16-9-11-36(12-10-16)24(38)17-4-6-18(7-5-17)26(34-35-26)27(28,29)30/h1,3-8,13,16,33H,9-12H2. The quantitative estimate of drug-likeness (QED) is 0.400. The fraction of sp³-hybridized carbons (Fsp3) is 0.259. The zero-order chi connectivity index (χ0) is 27.5. The van der Waals surface area contributed by atoms with Crippen LogP contribution in [0.15, 0.2) is 57.5 Å². The molecule has 0 spiro atoms. The predicted molar refractivity (Wildman–Crippen MR) is 133 cm³/mol. The molecule has 39 heavy (non-hydrogen) atoms.